The van der Waals surface area contributed by atoms with Crippen LogP contribution in [0.3, 0.4) is 0 Å². The van der Waals surface area contributed by atoms with E-state index in [4.69, 9.17) is 11.8 Å². The molecule has 0 fully saturated rings. The maximum absolute atomic E-state index is 13.2. The lowest BCUT2D eigenvalue weighted by molar-refractivity contribution is -0.0596. The van der Waals surface area contributed by atoms with Crippen molar-refractivity contribution in [2.24, 2.45) is 10.2 Å². The van der Waals surface area contributed by atoms with Crippen molar-refractivity contribution in [3.8, 4) is 0 Å². The van der Waals surface area contributed by atoms with Gasteiger partial charge in [0, 0.05) is 22.9 Å². The van der Waals surface area contributed by atoms with Crippen LogP contribution in [0, 0.1) is 0 Å². The van der Waals surface area contributed by atoms with Gasteiger partial charge in [-0.25, -0.2) is 4.42 Å². The Kier molecular flexibility index (Phi) is 4.71. The number of benzene rings is 2. The normalized spacial score (nSPS) is 12.4. The predicted octanol–water partition coefficient (Wildman–Crippen LogP) is 5.16. The number of hydrogen-bond donors (Lipinski definition) is 0. The number of nitrogens with zero attached hydrogens (tertiary/aromatic N) is 3. The molecule has 0 heterocycles. The van der Waals surface area contributed by atoms with Crippen LogP contribution in [0.2, 0.25) is 0 Å². The van der Waals surface area contributed by atoms with Crippen molar-refractivity contribution in [2.75, 3.05) is 4.42 Å². The molecule has 0 saturated carbocycles. The van der Waals surface area contributed by atoms with E-state index in [9.17, 15) is 13.2 Å². The second-order valence-corrected chi connectivity index (χ2v) is 5.09. The van der Waals surface area contributed by atoms with E-state index in [0.717, 1.165) is 5.39 Å². The van der Waals surface area contributed by atoms with E-state index < -0.39 is 12.0 Å². The molecule has 0 aliphatic rings. The maximum atomic E-state index is 13.2. The Balaban J connectivity index is 2.57. The molecule has 0 aromatic heterocycles. The van der Waals surface area contributed by atoms with Crippen molar-refractivity contribution in [3.05, 3.63) is 42.5 Å². The zero-order valence-electron chi connectivity index (χ0n) is 11.9. The van der Waals surface area contributed by atoms with Crippen molar-refractivity contribution < 1.29 is 13.2 Å². The monoisotopic (exact) mass is 327 g/mol. The molecule has 2 aromatic carbocycles. The Morgan fingerprint density at radius 2 is 1.64 bits per heavy atom. The van der Waals surface area contributed by atoms with Crippen LogP contribution in [0.4, 0.5) is 18.9 Å². The lowest BCUT2D eigenvalue weighted by Gasteiger charge is -2.20. The van der Waals surface area contributed by atoms with Crippen molar-refractivity contribution >= 4 is 39.8 Å². The van der Waals surface area contributed by atoms with Gasteiger partial charge in [0.15, 0.2) is 0 Å². The van der Waals surface area contributed by atoms with E-state index in [1.807, 2.05) is 0 Å². The summed E-state index contributed by atoms with van der Waals surface area (Å²) in [6.07, 6.45) is -4.72. The van der Waals surface area contributed by atoms with Gasteiger partial charge in [-0.2, -0.15) is 18.3 Å². The Bertz CT molecular complexity index is 729. The predicted molar refractivity (Wildman–Crippen MR) is 84.6 cm³/mol. The van der Waals surface area contributed by atoms with E-state index >= 15 is 0 Å². The molecule has 3 nitrogen and oxygen atoms in total. The summed E-state index contributed by atoms with van der Waals surface area (Å²) in [5.41, 5.74) is 0.588. The molecule has 116 valence electrons. The first-order chi connectivity index (χ1) is 10.3. The minimum Gasteiger partial charge on any atom is -0.230 e. The Hall–Kier alpha value is -2.08. The fraction of sp³-hybridized carbons (Fsp3) is 0.200. The molecule has 2 aromatic rings. The van der Waals surface area contributed by atoms with E-state index in [2.05, 4.69) is 10.2 Å². The molecule has 0 amide bonds. The SMILES string of the molecule is CC(C)=N/N=C(\N(Cl)c1cccc2ccccc12)C(F)(F)F. The molecule has 2 rings (SSSR count). The van der Waals surface area contributed by atoms with Crippen molar-refractivity contribution in [1.29, 1.82) is 0 Å². The maximum Gasteiger partial charge on any atom is 0.452 e. The highest BCUT2D eigenvalue weighted by molar-refractivity contribution is 6.40. The highest BCUT2D eigenvalue weighted by Gasteiger charge is 2.41. The van der Waals surface area contributed by atoms with Gasteiger partial charge in [0.2, 0.25) is 0 Å². The molecule has 7 heteroatoms. The van der Waals surface area contributed by atoms with Gasteiger partial charge >= 0.3 is 6.18 Å². The zero-order chi connectivity index (χ0) is 16.3. The first-order valence-corrected chi connectivity index (χ1v) is 6.74. The number of amidine groups is 1. The average Bonchev–Trinajstić information content (AvgIpc) is 2.45. The van der Waals surface area contributed by atoms with Gasteiger partial charge in [-0.3, -0.25) is 0 Å². The second kappa shape index (κ2) is 6.36. The fourth-order valence-corrected chi connectivity index (χ4v) is 2.13. The molecule has 0 spiro atoms. The van der Waals surface area contributed by atoms with Crippen LogP contribution in [0.25, 0.3) is 10.8 Å². The van der Waals surface area contributed by atoms with Gasteiger partial charge in [0.05, 0.1) is 5.69 Å². The van der Waals surface area contributed by atoms with Crippen molar-refractivity contribution in [2.45, 2.75) is 20.0 Å². The molecule has 0 bridgehead atoms. The van der Waals surface area contributed by atoms with Crippen molar-refractivity contribution in [3.63, 3.8) is 0 Å². The molecular formula is C15H13ClF3N3. The van der Waals surface area contributed by atoms with E-state index in [-0.39, 0.29) is 5.69 Å². The van der Waals surface area contributed by atoms with Gasteiger partial charge in [-0.1, -0.05) is 36.4 Å². The summed E-state index contributed by atoms with van der Waals surface area (Å²) in [6.45, 7) is 3.10. The number of alkyl halides is 3. The number of fused-ring (bicyclic) bond motifs is 1. The molecule has 0 aliphatic heterocycles. The Morgan fingerprint density at radius 3 is 2.27 bits per heavy atom. The van der Waals surface area contributed by atoms with Gasteiger partial charge in [-0.15, -0.1) is 5.10 Å². The summed E-state index contributed by atoms with van der Waals surface area (Å²) >= 11 is 5.93. The number of anilines is 1. The van der Waals surface area contributed by atoms with Gasteiger partial charge < -0.3 is 0 Å². The third kappa shape index (κ3) is 3.57. The quantitative estimate of drug-likeness (QED) is 0.324. The molecule has 0 unspecified atom stereocenters. The first-order valence-electron chi connectivity index (χ1n) is 6.40. The van der Waals surface area contributed by atoms with Gasteiger partial charge in [0.1, 0.15) is 0 Å². The van der Waals surface area contributed by atoms with E-state index in [1.165, 1.54) is 6.07 Å². The second-order valence-electron chi connectivity index (χ2n) is 4.75. The summed E-state index contributed by atoms with van der Waals surface area (Å²) in [7, 11) is 0. The molecule has 0 atom stereocenters. The minimum absolute atomic E-state index is 0.194. The van der Waals surface area contributed by atoms with Gasteiger partial charge in [-0.05, 0) is 25.3 Å². The van der Waals surface area contributed by atoms with Crippen LogP contribution in [-0.2, 0) is 0 Å². The smallest absolute Gasteiger partial charge is 0.230 e. The molecule has 22 heavy (non-hydrogen) atoms. The van der Waals surface area contributed by atoms with Crippen LogP contribution < -0.4 is 4.42 Å². The molecule has 0 saturated heterocycles. The summed E-state index contributed by atoms with van der Waals surface area (Å²) in [6, 6.07) is 11.9. The van der Waals surface area contributed by atoms with E-state index in [1.54, 1.807) is 50.2 Å². The number of rotatable bonds is 2. The highest BCUT2D eigenvalue weighted by atomic mass is 35.5. The summed E-state index contributed by atoms with van der Waals surface area (Å²) in [5, 5.41) is 8.10. The summed E-state index contributed by atoms with van der Waals surface area (Å²) in [4.78, 5) is 0. The standard InChI is InChI=1S/C15H13ClF3N3/c1-10(2)20-21-14(15(17,18)19)22(16)13-9-5-7-11-6-3-4-8-12(11)13/h3-9H,1-2H3/b21-14-. The minimum atomic E-state index is -4.72. The largest absolute Gasteiger partial charge is 0.452 e. The van der Waals surface area contributed by atoms with Crippen LogP contribution >= 0.6 is 11.8 Å². The zero-order valence-corrected chi connectivity index (χ0v) is 12.7. The summed E-state index contributed by atoms with van der Waals surface area (Å²) in [5.74, 6) is -1.29. The summed E-state index contributed by atoms with van der Waals surface area (Å²) < 4.78 is 40.0. The molecule has 0 N–H and O–H groups in total. The first kappa shape index (κ1) is 16.3. The van der Waals surface area contributed by atoms with Crippen LogP contribution in [0.1, 0.15) is 13.8 Å². The average molecular weight is 328 g/mol. The fourth-order valence-electron chi connectivity index (χ4n) is 1.85. The Morgan fingerprint density at radius 1 is 1.00 bits per heavy atom. The van der Waals surface area contributed by atoms with Crippen molar-refractivity contribution in [1.82, 2.24) is 0 Å². The van der Waals surface area contributed by atoms with Gasteiger partial charge in [0.25, 0.3) is 5.84 Å². The van der Waals surface area contributed by atoms with Crippen LogP contribution in [0.15, 0.2) is 52.7 Å². The lowest BCUT2D eigenvalue weighted by Crippen LogP contribution is -2.35. The molecule has 0 aliphatic carbocycles. The lowest BCUT2D eigenvalue weighted by atomic mass is 10.1. The third-order valence-electron chi connectivity index (χ3n) is 2.76. The van der Waals surface area contributed by atoms with Crippen LogP contribution in [0.5, 0.6) is 0 Å². The Labute approximate surface area is 130 Å². The molecular weight excluding hydrogens is 315 g/mol. The number of hydrogen-bond acceptors (Lipinski definition) is 2. The molecule has 0 radical (unpaired) electrons. The topological polar surface area (TPSA) is 28.0 Å². The van der Waals surface area contributed by atoms with E-state index in [0.29, 0.717) is 15.5 Å². The highest BCUT2D eigenvalue weighted by Crippen LogP contribution is 2.32. The third-order valence-corrected chi connectivity index (χ3v) is 3.10. The number of halogens is 4. The van der Waals surface area contributed by atoms with Crippen LogP contribution in [-0.4, -0.2) is 17.7 Å².